The minimum absolute atomic E-state index is 0.0441. The molecule has 2 aromatic carbocycles. The van der Waals surface area contributed by atoms with Gasteiger partial charge in [0, 0.05) is 33.2 Å². The molecule has 0 bridgehead atoms. The summed E-state index contributed by atoms with van der Waals surface area (Å²) in [6, 6.07) is 10.6. The van der Waals surface area contributed by atoms with Crippen molar-refractivity contribution in [1.82, 2.24) is 20.0 Å². The number of urea groups is 1. The second-order valence-electron chi connectivity index (χ2n) is 9.59. The summed E-state index contributed by atoms with van der Waals surface area (Å²) >= 11 is 0. The molecule has 1 unspecified atom stereocenters. The monoisotopic (exact) mass is 543 g/mol. The van der Waals surface area contributed by atoms with E-state index in [4.69, 9.17) is 4.74 Å². The van der Waals surface area contributed by atoms with Crippen LogP contribution in [0.5, 0.6) is 5.75 Å². The number of nitrogens with zero attached hydrogens (tertiary/aromatic N) is 4. The van der Waals surface area contributed by atoms with Gasteiger partial charge in [-0.1, -0.05) is 30.3 Å². The summed E-state index contributed by atoms with van der Waals surface area (Å²) in [6.45, 7) is 1.74. The first-order chi connectivity index (χ1) is 18.6. The third kappa shape index (κ3) is 4.86. The van der Waals surface area contributed by atoms with Crippen molar-refractivity contribution in [2.45, 2.75) is 12.2 Å². The Morgan fingerprint density at radius 3 is 2.38 bits per heavy atom. The molecule has 1 saturated heterocycles. The van der Waals surface area contributed by atoms with Crippen LogP contribution in [0.2, 0.25) is 0 Å². The number of alkyl halides is 3. The molecule has 3 heterocycles. The Bertz CT molecular complexity index is 1340. The first kappa shape index (κ1) is 26.4. The van der Waals surface area contributed by atoms with E-state index in [1.165, 1.54) is 35.0 Å². The topological polar surface area (TPSA) is 85.4 Å². The molecule has 4 amide bonds. The van der Waals surface area contributed by atoms with Crippen LogP contribution < -0.4 is 15.0 Å². The largest absolute Gasteiger partial charge is 0.495 e. The smallest absolute Gasteiger partial charge is 0.416 e. The van der Waals surface area contributed by atoms with E-state index in [0.29, 0.717) is 31.9 Å². The van der Waals surface area contributed by atoms with Crippen molar-refractivity contribution in [2.24, 2.45) is 0 Å². The average molecular weight is 544 g/mol. The van der Waals surface area contributed by atoms with Gasteiger partial charge >= 0.3 is 12.2 Å². The number of nitrogens with one attached hydrogen (secondary N) is 1. The first-order valence-corrected chi connectivity index (χ1v) is 12.5. The van der Waals surface area contributed by atoms with E-state index in [1.54, 1.807) is 12.0 Å². The van der Waals surface area contributed by atoms with Gasteiger partial charge in [0.15, 0.2) is 0 Å². The highest BCUT2D eigenvalue weighted by Gasteiger charge is 2.46. The number of amides is 4. The van der Waals surface area contributed by atoms with Crippen LogP contribution in [-0.2, 0) is 15.8 Å². The molecule has 1 fully saturated rings. The van der Waals surface area contributed by atoms with E-state index in [0.717, 1.165) is 17.5 Å². The van der Waals surface area contributed by atoms with E-state index in [-0.39, 0.29) is 30.1 Å². The van der Waals surface area contributed by atoms with Crippen molar-refractivity contribution in [3.63, 3.8) is 0 Å². The molecular weight excluding hydrogens is 515 g/mol. The van der Waals surface area contributed by atoms with Gasteiger partial charge in [-0.15, -0.1) is 0 Å². The molecule has 0 spiro atoms. The molecular formula is C27H28F3N5O4. The van der Waals surface area contributed by atoms with E-state index in [1.807, 2.05) is 24.3 Å². The fraction of sp³-hybridized carbons (Fsp3) is 0.370. The number of benzene rings is 2. The Kier molecular flexibility index (Phi) is 6.87. The van der Waals surface area contributed by atoms with Crippen LogP contribution in [-0.4, -0.2) is 86.0 Å². The lowest BCUT2D eigenvalue weighted by molar-refractivity contribution is -0.138. The predicted octanol–water partition coefficient (Wildman–Crippen LogP) is 2.86. The summed E-state index contributed by atoms with van der Waals surface area (Å²) in [7, 11) is 3.05. The fourth-order valence-electron chi connectivity index (χ4n) is 5.34. The molecule has 0 saturated carbocycles. The van der Waals surface area contributed by atoms with Crippen molar-refractivity contribution < 1.29 is 32.3 Å². The third-order valence-electron chi connectivity index (χ3n) is 7.40. The van der Waals surface area contributed by atoms with Gasteiger partial charge in [-0.2, -0.15) is 13.2 Å². The number of carbonyl (C=O) groups excluding carboxylic acids is 3. The number of likely N-dealkylation sites (N-methyl/N-ethyl adjacent to an activating group) is 1. The number of hydrogen-bond donors (Lipinski definition) is 1. The highest BCUT2D eigenvalue weighted by Crippen LogP contribution is 2.41. The number of halogens is 3. The summed E-state index contributed by atoms with van der Waals surface area (Å²) in [5.74, 6) is -0.0950. The van der Waals surface area contributed by atoms with Gasteiger partial charge in [-0.3, -0.25) is 14.5 Å². The van der Waals surface area contributed by atoms with Gasteiger partial charge in [-0.05, 0) is 23.8 Å². The zero-order valence-electron chi connectivity index (χ0n) is 21.5. The Morgan fingerprint density at radius 2 is 1.69 bits per heavy atom. The molecule has 1 N–H and O–H groups in total. The van der Waals surface area contributed by atoms with Crippen LogP contribution in [0.15, 0.2) is 59.8 Å². The standard InChI is InChI=1S/C27H28F3N5O4/c1-32-20-15-35(16-22(36)34-13-11-33(12-14-34)19-9-5-6-10-21(19)39-2)25(37)23(20)24(31-26(32)38)17-7-3-4-8-18(17)27(28,29)30/h3-10,24H,11-16H2,1-2H3,(H,31,38). The zero-order chi connectivity index (χ0) is 27.9. The number of methoxy groups -OCH3 is 1. The molecule has 0 radical (unpaired) electrons. The summed E-state index contributed by atoms with van der Waals surface area (Å²) in [6.07, 6.45) is -4.67. The number of anilines is 1. The van der Waals surface area contributed by atoms with Crippen LogP contribution >= 0.6 is 0 Å². The maximum atomic E-state index is 13.8. The van der Waals surface area contributed by atoms with E-state index in [2.05, 4.69) is 10.2 Å². The van der Waals surface area contributed by atoms with E-state index >= 15 is 0 Å². The van der Waals surface area contributed by atoms with Crippen molar-refractivity contribution in [2.75, 3.05) is 58.3 Å². The highest BCUT2D eigenvalue weighted by molar-refractivity contribution is 6.03. The summed E-state index contributed by atoms with van der Waals surface area (Å²) in [5, 5.41) is 2.53. The molecule has 206 valence electrons. The Balaban J connectivity index is 1.30. The number of carbonyl (C=O) groups is 3. The first-order valence-electron chi connectivity index (χ1n) is 12.5. The van der Waals surface area contributed by atoms with E-state index in [9.17, 15) is 27.6 Å². The van der Waals surface area contributed by atoms with Crippen molar-refractivity contribution in [3.05, 3.63) is 70.9 Å². The van der Waals surface area contributed by atoms with Crippen LogP contribution in [0.25, 0.3) is 0 Å². The zero-order valence-corrected chi connectivity index (χ0v) is 21.5. The van der Waals surface area contributed by atoms with Crippen molar-refractivity contribution in [3.8, 4) is 5.75 Å². The van der Waals surface area contributed by atoms with Crippen LogP contribution in [0.3, 0.4) is 0 Å². The normalized spacial score (nSPS) is 19.9. The number of ether oxygens (including phenoxy) is 1. The maximum Gasteiger partial charge on any atom is 0.416 e. The van der Waals surface area contributed by atoms with Crippen LogP contribution in [0.1, 0.15) is 17.2 Å². The molecule has 9 nitrogen and oxygen atoms in total. The molecule has 3 aliphatic rings. The van der Waals surface area contributed by atoms with Gasteiger partial charge in [0.2, 0.25) is 5.91 Å². The van der Waals surface area contributed by atoms with Gasteiger partial charge in [-0.25, -0.2) is 4.79 Å². The minimum Gasteiger partial charge on any atom is -0.495 e. The maximum absolute atomic E-state index is 13.8. The fourth-order valence-corrected chi connectivity index (χ4v) is 5.34. The number of piperazine rings is 1. The summed E-state index contributed by atoms with van der Waals surface area (Å²) < 4.78 is 46.7. The number of para-hydroxylation sites is 2. The lowest BCUT2D eigenvalue weighted by Gasteiger charge is -2.37. The van der Waals surface area contributed by atoms with Crippen molar-refractivity contribution in [1.29, 1.82) is 0 Å². The molecule has 3 aliphatic heterocycles. The molecule has 39 heavy (non-hydrogen) atoms. The summed E-state index contributed by atoms with van der Waals surface area (Å²) in [4.78, 5) is 45.6. The number of rotatable bonds is 5. The Morgan fingerprint density at radius 1 is 1.03 bits per heavy atom. The van der Waals surface area contributed by atoms with Gasteiger partial charge in [0.25, 0.3) is 5.91 Å². The van der Waals surface area contributed by atoms with Crippen LogP contribution in [0, 0.1) is 0 Å². The number of hydrogen-bond acceptors (Lipinski definition) is 5. The van der Waals surface area contributed by atoms with Crippen LogP contribution in [0.4, 0.5) is 23.7 Å². The van der Waals surface area contributed by atoms with Gasteiger partial charge < -0.3 is 24.8 Å². The van der Waals surface area contributed by atoms with Gasteiger partial charge in [0.1, 0.15) is 12.3 Å². The van der Waals surface area contributed by atoms with Crippen molar-refractivity contribution >= 4 is 23.5 Å². The lowest BCUT2D eigenvalue weighted by Crippen LogP contribution is -2.51. The molecule has 0 aromatic heterocycles. The second-order valence-corrected chi connectivity index (χ2v) is 9.59. The SMILES string of the molecule is COc1ccccc1N1CCN(C(=O)CN2CC3=C(C2=O)C(c2ccccc2C(F)(F)F)NC(=O)N3C)CC1. The average Bonchev–Trinajstić information content (AvgIpc) is 3.26. The second kappa shape index (κ2) is 10.2. The van der Waals surface area contributed by atoms with Gasteiger partial charge in [0.05, 0.1) is 42.2 Å². The predicted molar refractivity (Wildman–Crippen MR) is 136 cm³/mol. The van der Waals surface area contributed by atoms with E-state index < -0.39 is 29.7 Å². The molecule has 1 atom stereocenters. The Hall–Kier alpha value is -4.22. The third-order valence-corrected chi connectivity index (χ3v) is 7.40. The quantitative estimate of drug-likeness (QED) is 0.627. The summed E-state index contributed by atoms with van der Waals surface area (Å²) in [5.41, 5.74) is 0.126. The minimum atomic E-state index is -4.67. The molecule has 0 aliphatic carbocycles. The molecule has 12 heteroatoms. The highest BCUT2D eigenvalue weighted by atomic mass is 19.4. The lowest BCUT2D eigenvalue weighted by atomic mass is 9.92. The molecule has 5 rings (SSSR count). The molecule has 2 aromatic rings. The Labute approximate surface area is 223 Å².